The number of carbonyl (C=O) groups is 2. The van der Waals surface area contributed by atoms with Gasteiger partial charge in [-0.25, -0.2) is 0 Å². The smallest absolute Gasteiger partial charge is 0.227 e. The molecule has 2 atom stereocenters. The van der Waals surface area contributed by atoms with Crippen molar-refractivity contribution < 1.29 is 14.3 Å². The van der Waals surface area contributed by atoms with Gasteiger partial charge in [0, 0.05) is 37.6 Å². The molecule has 2 N–H and O–H groups in total. The molecule has 0 spiro atoms. The van der Waals surface area contributed by atoms with Crippen LogP contribution in [0.3, 0.4) is 0 Å². The molecule has 3 rings (SSSR count). The Morgan fingerprint density at radius 2 is 2.04 bits per heavy atom. The zero-order valence-corrected chi connectivity index (χ0v) is 16.0. The van der Waals surface area contributed by atoms with E-state index in [9.17, 15) is 9.59 Å². The summed E-state index contributed by atoms with van der Waals surface area (Å²) in [6.45, 7) is 4.30. The molecule has 2 heterocycles. The van der Waals surface area contributed by atoms with Crippen molar-refractivity contribution in [3.8, 4) is 0 Å². The van der Waals surface area contributed by atoms with Crippen molar-refractivity contribution in [2.75, 3.05) is 45.6 Å². The van der Waals surface area contributed by atoms with Crippen LogP contribution >= 0.6 is 11.8 Å². The van der Waals surface area contributed by atoms with Gasteiger partial charge in [-0.15, -0.1) is 11.8 Å². The first kappa shape index (κ1) is 19.2. The first-order valence-electron chi connectivity index (χ1n) is 9.15. The molecule has 26 heavy (non-hydrogen) atoms. The Bertz CT molecular complexity index is 634. The van der Waals surface area contributed by atoms with Crippen LogP contribution in [0.2, 0.25) is 0 Å². The van der Waals surface area contributed by atoms with Crippen LogP contribution in [0.4, 0.5) is 0 Å². The van der Waals surface area contributed by atoms with Crippen molar-refractivity contribution in [2.45, 2.75) is 17.9 Å². The van der Waals surface area contributed by atoms with E-state index in [1.54, 1.807) is 11.8 Å². The molecular weight excluding hydrogens is 350 g/mol. The maximum Gasteiger partial charge on any atom is 0.227 e. The molecule has 7 heteroatoms. The zero-order valence-electron chi connectivity index (χ0n) is 15.2. The second kappa shape index (κ2) is 9.39. The molecule has 6 nitrogen and oxygen atoms in total. The van der Waals surface area contributed by atoms with Crippen LogP contribution in [-0.4, -0.2) is 62.4 Å². The molecule has 142 valence electrons. The van der Waals surface area contributed by atoms with Crippen molar-refractivity contribution in [1.29, 1.82) is 0 Å². The van der Waals surface area contributed by atoms with Crippen LogP contribution in [0.25, 0.3) is 0 Å². The molecule has 0 aromatic heterocycles. The molecule has 2 fully saturated rings. The summed E-state index contributed by atoms with van der Waals surface area (Å²) in [5.74, 6) is -0.127. The van der Waals surface area contributed by atoms with E-state index < -0.39 is 0 Å². The van der Waals surface area contributed by atoms with E-state index >= 15 is 0 Å². The highest BCUT2D eigenvalue weighted by Crippen LogP contribution is 2.20. The van der Waals surface area contributed by atoms with Crippen LogP contribution in [0.5, 0.6) is 0 Å². The van der Waals surface area contributed by atoms with Crippen molar-refractivity contribution in [2.24, 2.45) is 11.8 Å². The summed E-state index contributed by atoms with van der Waals surface area (Å²) >= 11 is 1.69. The molecule has 1 aromatic carbocycles. The third-order valence-electron chi connectivity index (χ3n) is 4.99. The van der Waals surface area contributed by atoms with E-state index in [4.69, 9.17) is 4.74 Å². The fourth-order valence-corrected chi connectivity index (χ4v) is 3.97. The van der Waals surface area contributed by atoms with Crippen LogP contribution in [-0.2, 0) is 20.9 Å². The summed E-state index contributed by atoms with van der Waals surface area (Å²) in [4.78, 5) is 28.3. The molecule has 0 aliphatic carbocycles. The van der Waals surface area contributed by atoms with E-state index in [0.717, 1.165) is 5.56 Å². The minimum Gasteiger partial charge on any atom is -0.378 e. The summed E-state index contributed by atoms with van der Waals surface area (Å²) in [6, 6.07) is 8.17. The predicted octanol–water partition coefficient (Wildman–Crippen LogP) is 1.11. The van der Waals surface area contributed by atoms with Crippen molar-refractivity contribution >= 4 is 23.6 Å². The van der Waals surface area contributed by atoms with Gasteiger partial charge in [0.05, 0.1) is 25.0 Å². The minimum atomic E-state index is -0.164. The Labute approximate surface area is 159 Å². The number of nitrogens with one attached hydrogen (secondary N) is 2. The highest BCUT2D eigenvalue weighted by molar-refractivity contribution is 7.98. The molecular formula is C19H27N3O3S. The maximum absolute atomic E-state index is 12.7. The maximum atomic E-state index is 12.7. The summed E-state index contributed by atoms with van der Waals surface area (Å²) in [7, 11) is 0. The zero-order chi connectivity index (χ0) is 18.4. The average molecular weight is 378 g/mol. The summed E-state index contributed by atoms with van der Waals surface area (Å²) in [6.07, 6.45) is 2.65. The van der Waals surface area contributed by atoms with Gasteiger partial charge in [-0.2, -0.15) is 0 Å². The molecule has 2 aliphatic heterocycles. The number of hydrogen-bond donors (Lipinski definition) is 2. The van der Waals surface area contributed by atoms with Gasteiger partial charge in [-0.05, 0) is 30.4 Å². The van der Waals surface area contributed by atoms with Crippen LogP contribution in [0.1, 0.15) is 12.0 Å². The lowest BCUT2D eigenvalue weighted by molar-refractivity contribution is -0.141. The number of ether oxygens (including phenoxy) is 1. The Balaban J connectivity index is 1.51. The van der Waals surface area contributed by atoms with Crippen molar-refractivity contribution in [3.05, 3.63) is 29.8 Å². The van der Waals surface area contributed by atoms with E-state index in [1.165, 1.54) is 4.90 Å². The van der Waals surface area contributed by atoms with Gasteiger partial charge >= 0.3 is 0 Å². The second-order valence-electron chi connectivity index (χ2n) is 6.79. The number of rotatable bonds is 5. The van der Waals surface area contributed by atoms with E-state index in [-0.39, 0.29) is 23.7 Å². The molecule has 0 bridgehead atoms. The number of piperidine rings is 1. The SMILES string of the molecule is CSc1cccc(CNC(=O)[C@H]2CNC[C@@H](C(=O)N3CCOCC3)C2)c1. The quantitative estimate of drug-likeness (QED) is 0.753. The minimum absolute atomic E-state index is 0.0199. The highest BCUT2D eigenvalue weighted by Gasteiger charge is 2.33. The third kappa shape index (κ3) is 4.99. The molecule has 0 saturated carbocycles. The highest BCUT2D eigenvalue weighted by atomic mass is 32.2. The van der Waals surface area contributed by atoms with Gasteiger partial charge in [-0.3, -0.25) is 9.59 Å². The van der Waals surface area contributed by atoms with E-state index in [1.807, 2.05) is 23.3 Å². The van der Waals surface area contributed by atoms with E-state index in [0.29, 0.717) is 52.4 Å². The Hall–Kier alpha value is -1.57. The Morgan fingerprint density at radius 3 is 2.81 bits per heavy atom. The van der Waals surface area contributed by atoms with Gasteiger partial charge in [-0.1, -0.05) is 12.1 Å². The topological polar surface area (TPSA) is 70.7 Å². The number of morpholine rings is 1. The van der Waals surface area contributed by atoms with Crippen LogP contribution in [0.15, 0.2) is 29.2 Å². The predicted molar refractivity (Wildman–Crippen MR) is 102 cm³/mol. The third-order valence-corrected chi connectivity index (χ3v) is 5.72. The molecule has 0 radical (unpaired) electrons. The average Bonchev–Trinajstić information content (AvgIpc) is 2.72. The van der Waals surface area contributed by atoms with Gasteiger partial charge in [0.25, 0.3) is 0 Å². The lowest BCUT2D eigenvalue weighted by Gasteiger charge is -2.34. The lowest BCUT2D eigenvalue weighted by Crippen LogP contribution is -2.51. The van der Waals surface area contributed by atoms with E-state index in [2.05, 4.69) is 22.8 Å². The van der Waals surface area contributed by atoms with Crippen LogP contribution < -0.4 is 10.6 Å². The first-order chi connectivity index (χ1) is 12.7. The van der Waals surface area contributed by atoms with Crippen LogP contribution in [0, 0.1) is 11.8 Å². The lowest BCUT2D eigenvalue weighted by atomic mass is 9.88. The number of hydrogen-bond acceptors (Lipinski definition) is 5. The van der Waals surface area contributed by atoms with Gasteiger partial charge < -0.3 is 20.3 Å². The normalized spacial score (nSPS) is 23.5. The molecule has 0 unspecified atom stereocenters. The largest absolute Gasteiger partial charge is 0.378 e. The summed E-state index contributed by atoms with van der Waals surface area (Å²) in [5.41, 5.74) is 1.09. The summed E-state index contributed by atoms with van der Waals surface area (Å²) < 4.78 is 5.31. The Kier molecular flexibility index (Phi) is 6.93. The number of amides is 2. The monoisotopic (exact) mass is 377 g/mol. The second-order valence-corrected chi connectivity index (χ2v) is 7.67. The number of nitrogens with zero attached hydrogens (tertiary/aromatic N) is 1. The molecule has 2 saturated heterocycles. The van der Waals surface area contributed by atoms with Crippen molar-refractivity contribution in [1.82, 2.24) is 15.5 Å². The Morgan fingerprint density at radius 1 is 1.27 bits per heavy atom. The number of carbonyl (C=O) groups excluding carboxylic acids is 2. The van der Waals surface area contributed by atoms with Crippen molar-refractivity contribution in [3.63, 3.8) is 0 Å². The van der Waals surface area contributed by atoms with Gasteiger partial charge in [0.1, 0.15) is 0 Å². The number of benzene rings is 1. The summed E-state index contributed by atoms with van der Waals surface area (Å²) in [5, 5.41) is 6.29. The molecule has 1 aromatic rings. The fraction of sp³-hybridized carbons (Fsp3) is 0.579. The first-order valence-corrected chi connectivity index (χ1v) is 10.4. The standard InChI is InChI=1S/C19H27N3O3S/c1-26-17-4-2-3-14(9-17)11-21-18(23)15-10-16(13-20-12-15)19(24)22-5-7-25-8-6-22/h2-4,9,15-16,20H,5-8,10-13H2,1H3,(H,21,23)/t15-,16+/m1/s1. The molecule has 2 aliphatic rings. The van der Waals surface area contributed by atoms with Gasteiger partial charge in [0.2, 0.25) is 11.8 Å². The van der Waals surface area contributed by atoms with Gasteiger partial charge in [0.15, 0.2) is 0 Å². The molecule has 2 amide bonds. The number of thioether (sulfide) groups is 1. The fourth-order valence-electron chi connectivity index (χ4n) is 3.49.